The molecular weight excluding hydrogens is 332 g/mol. The lowest BCUT2D eigenvalue weighted by Gasteiger charge is -2.05. The van der Waals surface area contributed by atoms with E-state index < -0.39 is 0 Å². The molecule has 0 amide bonds. The first-order valence-electron chi connectivity index (χ1n) is 8.14. The Morgan fingerprint density at radius 1 is 0.960 bits per heavy atom. The maximum atomic E-state index is 5.96. The summed E-state index contributed by atoms with van der Waals surface area (Å²) >= 11 is 5.96. The Balaban J connectivity index is 1.58. The molecule has 0 bridgehead atoms. The van der Waals surface area contributed by atoms with Crippen molar-refractivity contribution in [2.45, 2.75) is 13.5 Å². The third kappa shape index (κ3) is 3.37. The van der Waals surface area contributed by atoms with E-state index >= 15 is 0 Å². The summed E-state index contributed by atoms with van der Waals surface area (Å²) in [6, 6.07) is 22.3. The number of hydrogen-bond donors (Lipinski definition) is 1. The van der Waals surface area contributed by atoms with Crippen LogP contribution in [0, 0.1) is 6.92 Å². The fourth-order valence-corrected chi connectivity index (χ4v) is 3.02. The van der Waals surface area contributed by atoms with E-state index in [1.807, 2.05) is 36.4 Å². The second-order valence-electron chi connectivity index (χ2n) is 6.09. The monoisotopic (exact) mass is 348 g/mol. The molecule has 0 radical (unpaired) electrons. The van der Waals surface area contributed by atoms with Crippen LogP contribution in [0.5, 0.6) is 0 Å². The summed E-state index contributed by atoms with van der Waals surface area (Å²) in [5, 5.41) is 9.24. The fraction of sp³-hybridized carbons (Fsp3) is 0.0952. The van der Waals surface area contributed by atoms with Crippen molar-refractivity contribution in [1.29, 1.82) is 0 Å². The number of hydrogen-bond acceptors (Lipinski definition) is 3. The minimum atomic E-state index is 0.711. The van der Waals surface area contributed by atoms with Crippen molar-refractivity contribution in [3.05, 3.63) is 82.9 Å². The van der Waals surface area contributed by atoms with Crippen LogP contribution in [0.2, 0.25) is 5.02 Å². The van der Waals surface area contributed by atoms with Crippen LogP contribution in [-0.2, 0) is 6.54 Å². The van der Waals surface area contributed by atoms with Gasteiger partial charge in [-0.15, -0.1) is 0 Å². The molecule has 4 heteroatoms. The van der Waals surface area contributed by atoms with Crippen LogP contribution in [-0.4, -0.2) is 5.16 Å². The SMILES string of the molecule is Cc1cccc(CNc2noc3cc(-c4ccc(Cl)cc4)ccc23)c1. The zero-order valence-electron chi connectivity index (χ0n) is 13.8. The number of anilines is 1. The minimum absolute atomic E-state index is 0.711. The predicted octanol–water partition coefficient (Wildman–Crippen LogP) is 6.07. The first-order chi connectivity index (χ1) is 12.2. The number of aryl methyl sites for hydroxylation is 1. The molecule has 0 aliphatic carbocycles. The standard InChI is InChI=1S/C21H17ClN2O/c1-14-3-2-4-15(11-14)13-23-21-19-10-7-17(12-20(19)25-24-21)16-5-8-18(22)9-6-16/h2-12H,13H2,1H3,(H,23,24). The minimum Gasteiger partial charge on any atom is -0.363 e. The van der Waals surface area contributed by atoms with Gasteiger partial charge in [-0.1, -0.05) is 64.8 Å². The molecule has 124 valence electrons. The highest BCUT2D eigenvalue weighted by Gasteiger charge is 2.09. The molecule has 0 spiro atoms. The highest BCUT2D eigenvalue weighted by atomic mass is 35.5. The molecule has 0 atom stereocenters. The summed E-state index contributed by atoms with van der Waals surface area (Å²) in [5.74, 6) is 0.763. The molecule has 0 saturated heterocycles. The molecule has 3 aromatic carbocycles. The van der Waals surface area contributed by atoms with Gasteiger partial charge in [-0.05, 0) is 47.9 Å². The van der Waals surface area contributed by atoms with Gasteiger partial charge < -0.3 is 9.84 Å². The van der Waals surface area contributed by atoms with E-state index in [0.717, 1.165) is 32.9 Å². The average Bonchev–Trinajstić information content (AvgIpc) is 3.03. The van der Waals surface area contributed by atoms with E-state index in [-0.39, 0.29) is 0 Å². The number of benzene rings is 3. The lowest BCUT2D eigenvalue weighted by atomic mass is 10.0. The van der Waals surface area contributed by atoms with Crippen molar-refractivity contribution in [2.24, 2.45) is 0 Å². The zero-order chi connectivity index (χ0) is 17.2. The third-order valence-electron chi connectivity index (χ3n) is 4.19. The molecular formula is C21H17ClN2O. The Morgan fingerprint density at radius 2 is 1.76 bits per heavy atom. The lowest BCUT2D eigenvalue weighted by molar-refractivity contribution is 0.459. The van der Waals surface area contributed by atoms with Gasteiger partial charge in [-0.25, -0.2) is 0 Å². The zero-order valence-corrected chi connectivity index (χ0v) is 14.5. The summed E-state index contributed by atoms with van der Waals surface area (Å²) in [5.41, 5.74) is 5.40. The van der Waals surface area contributed by atoms with E-state index in [1.165, 1.54) is 11.1 Å². The fourth-order valence-electron chi connectivity index (χ4n) is 2.89. The van der Waals surface area contributed by atoms with Crippen molar-refractivity contribution >= 4 is 28.4 Å². The number of rotatable bonds is 4. The Labute approximate surface area is 151 Å². The van der Waals surface area contributed by atoms with Gasteiger partial charge in [0.25, 0.3) is 0 Å². The second-order valence-corrected chi connectivity index (χ2v) is 6.53. The molecule has 3 nitrogen and oxygen atoms in total. The topological polar surface area (TPSA) is 38.1 Å². The van der Waals surface area contributed by atoms with E-state index in [2.05, 4.69) is 47.7 Å². The van der Waals surface area contributed by atoms with E-state index in [4.69, 9.17) is 16.1 Å². The van der Waals surface area contributed by atoms with Crippen molar-refractivity contribution in [2.75, 3.05) is 5.32 Å². The van der Waals surface area contributed by atoms with Crippen LogP contribution in [0.15, 0.2) is 71.3 Å². The summed E-state index contributed by atoms with van der Waals surface area (Å²) < 4.78 is 5.51. The number of halogens is 1. The van der Waals surface area contributed by atoms with Crippen molar-refractivity contribution < 1.29 is 4.52 Å². The molecule has 0 saturated carbocycles. The summed E-state index contributed by atoms with van der Waals surface area (Å²) in [6.45, 7) is 2.80. The van der Waals surface area contributed by atoms with Gasteiger partial charge in [-0.3, -0.25) is 0 Å². The van der Waals surface area contributed by atoms with Gasteiger partial charge in [0.1, 0.15) is 0 Å². The van der Waals surface area contributed by atoms with Crippen LogP contribution in [0.25, 0.3) is 22.1 Å². The summed E-state index contributed by atoms with van der Waals surface area (Å²) in [4.78, 5) is 0. The molecule has 1 N–H and O–H groups in total. The third-order valence-corrected chi connectivity index (χ3v) is 4.44. The Hall–Kier alpha value is -2.78. The second kappa shape index (κ2) is 6.61. The molecule has 25 heavy (non-hydrogen) atoms. The van der Waals surface area contributed by atoms with Crippen LogP contribution < -0.4 is 5.32 Å². The lowest BCUT2D eigenvalue weighted by Crippen LogP contribution is -1.99. The Bertz CT molecular complexity index is 1020. The Morgan fingerprint density at radius 3 is 2.56 bits per heavy atom. The smallest absolute Gasteiger partial charge is 0.177 e. The highest BCUT2D eigenvalue weighted by Crippen LogP contribution is 2.29. The van der Waals surface area contributed by atoms with E-state index in [1.54, 1.807) is 0 Å². The first kappa shape index (κ1) is 15.7. The van der Waals surface area contributed by atoms with Crippen molar-refractivity contribution in [3.8, 4) is 11.1 Å². The normalized spacial score (nSPS) is 11.0. The molecule has 0 aliphatic rings. The summed E-state index contributed by atoms with van der Waals surface area (Å²) in [7, 11) is 0. The predicted molar refractivity (Wildman–Crippen MR) is 103 cm³/mol. The van der Waals surface area contributed by atoms with Gasteiger partial charge >= 0.3 is 0 Å². The van der Waals surface area contributed by atoms with Crippen LogP contribution in [0.1, 0.15) is 11.1 Å². The molecule has 0 aliphatic heterocycles. The van der Waals surface area contributed by atoms with Crippen molar-refractivity contribution in [1.82, 2.24) is 5.16 Å². The number of nitrogens with one attached hydrogen (secondary N) is 1. The number of aromatic nitrogens is 1. The maximum Gasteiger partial charge on any atom is 0.177 e. The molecule has 1 heterocycles. The van der Waals surface area contributed by atoms with E-state index in [9.17, 15) is 0 Å². The average molecular weight is 349 g/mol. The van der Waals surface area contributed by atoms with Gasteiger partial charge in [0, 0.05) is 11.6 Å². The maximum absolute atomic E-state index is 5.96. The van der Waals surface area contributed by atoms with Gasteiger partial charge in [0.05, 0.1) is 5.39 Å². The van der Waals surface area contributed by atoms with Crippen molar-refractivity contribution in [3.63, 3.8) is 0 Å². The highest BCUT2D eigenvalue weighted by molar-refractivity contribution is 6.30. The van der Waals surface area contributed by atoms with E-state index in [0.29, 0.717) is 6.54 Å². The van der Waals surface area contributed by atoms with Crippen LogP contribution in [0.3, 0.4) is 0 Å². The number of nitrogens with zero attached hydrogens (tertiary/aromatic N) is 1. The molecule has 0 fully saturated rings. The largest absolute Gasteiger partial charge is 0.363 e. The van der Waals surface area contributed by atoms with Gasteiger partial charge in [0.15, 0.2) is 11.4 Å². The molecule has 4 aromatic rings. The van der Waals surface area contributed by atoms with Crippen LogP contribution in [0.4, 0.5) is 5.82 Å². The Kier molecular flexibility index (Phi) is 4.16. The van der Waals surface area contributed by atoms with Gasteiger partial charge in [0.2, 0.25) is 0 Å². The quantitative estimate of drug-likeness (QED) is 0.486. The van der Waals surface area contributed by atoms with Crippen LogP contribution >= 0.6 is 11.6 Å². The summed E-state index contributed by atoms with van der Waals surface area (Å²) in [6.07, 6.45) is 0. The molecule has 0 unspecified atom stereocenters. The first-order valence-corrected chi connectivity index (χ1v) is 8.52. The number of fused-ring (bicyclic) bond motifs is 1. The molecule has 4 rings (SSSR count). The van der Waals surface area contributed by atoms with Gasteiger partial charge in [-0.2, -0.15) is 0 Å². The molecule has 1 aromatic heterocycles.